The Hall–Kier alpha value is -3.06. The van der Waals surface area contributed by atoms with E-state index in [0.717, 1.165) is 41.0 Å². The van der Waals surface area contributed by atoms with Gasteiger partial charge in [-0.05, 0) is 60.1 Å². The molecule has 0 aliphatic carbocycles. The van der Waals surface area contributed by atoms with Gasteiger partial charge in [0.05, 0.1) is 13.4 Å². The van der Waals surface area contributed by atoms with E-state index in [4.69, 9.17) is 4.74 Å². The van der Waals surface area contributed by atoms with Crippen LogP contribution in [0.5, 0.6) is 0 Å². The smallest absolute Gasteiger partial charge is 0.328 e. The predicted molar refractivity (Wildman–Crippen MR) is 129 cm³/mol. The molecule has 0 aliphatic rings. The minimum absolute atomic E-state index is 0.277. The van der Waals surface area contributed by atoms with Gasteiger partial charge in [0.15, 0.2) is 0 Å². The first kappa shape index (κ1) is 23.6. The van der Waals surface area contributed by atoms with Crippen molar-refractivity contribution in [3.63, 3.8) is 0 Å². The molecule has 2 aromatic carbocycles. The molecule has 6 nitrogen and oxygen atoms in total. The van der Waals surface area contributed by atoms with Gasteiger partial charge in [0.1, 0.15) is 6.04 Å². The van der Waals surface area contributed by atoms with Gasteiger partial charge in [0.25, 0.3) is 5.91 Å². The highest BCUT2D eigenvalue weighted by atomic mass is 32.2. The van der Waals surface area contributed by atoms with Crippen LogP contribution in [0.1, 0.15) is 27.9 Å². The number of aromatic nitrogens is 2. The van der Waals surface area contributed by atoms with Crippen molar-refractivity contribution < 1.29 is 14.3 Å². The number of ether oxygens (including phenoxy) is 1. The number of carbonyl (C=O) groups is 2. The van der Waals surface area contributed by atoms with E-state index in [1.54, 1.807) is 24.3 Å². The summed E-state index contributed by atoms with van der Waals surface area (Å²) in [5.74, 6) is 0.0421. The second-order valence-corrected chi connectivity index (χ2v) is 8.56. The number of esters is 1. The highest BCUT2D eigenvalue weighted by Crippen LogP contribution is 2.28. The Morgan fingerprint density at radius 1 is 1.19 bits per heavy atom. The fourth-order valence-electron chi connectivity index (χ4n) is 3.58. The zero-order valence-corrected chi connectivity index (χ0v) is 19.5. The van der Waals surface area contributed by atoms with Crippen molar-refractivity contribution in [3.05, 3.63) is 77.9 Å². The van der Waals surface area contributed by atoms with E-state index >= 15 is 0 Å². The van der Waals surface area contributed by atoms with Crippen LogP contribution in [-0.4, -0.2) is 46.6 Å². The molecule has 0 radical (unpaired) electrons. The lowest BCUT2D eigenvalue weighted by Gasteiger charge is -2.19. The number of rotatable bonds is 10. The Bertz CT molecular complexity index is 1050. The highest BCUT2D eigenvalue weighted by Gasteiger charge is 2.23. The zero-order chi connectivity index (χ0) is 22.9. The van der Waals surface area contributed by atoms with Crippen LogP contribution in [0.25, 0.3) is 11.1 Å². The van der Waals surface area contributed by atoms with Gasteiger partial charge in [-0.3, -0.25) is 4.79 Å². The van der Waals surface area contributed by atoms with E-state index in [9.17, 15) is 9.59 Å². The van der Waals surface area contributed by atoms with Gasteiger partial charge in [-0.15, -0.1) is 0 Å². The van der Waals surface area contributed by atoms with Gasteiger partial charge in [-0.1, -0.05) is 36.4 Å². The third kappa shape index (κ3) is 6.01. The molecule has 168 valence electrons. The maximum atomic E-state index is 13.3. The fraction of sp³-hybridized carbons (Fsp3) is 0.320. The van der Waals surface area contributed by atoms with Crippen LogP contribution < -0.4 is 5.32 Å². The van der Waals surface area contributed by atoms with Crippen molar-refractivity contribution >= 4 is 23.6 Å². The first-order chi connectivity index (χ1) is 15.5. The van der Waals surface area contributed by atoms with Crippen molar-refractivity contribution in [2.75, 3.05) is 19.1 Å². The molecule has 3 aromatic rings. The van der Waals surface area contributed by atoms with Gasteiger partial charge in [-0.25, -0.2) is 9.78 Å². The number of hydrogen-bond acceptors (Lipinski definition) is 5. The molecule has 0 saturated carbocycles. The van der Waals surface area contributed by atoms with Gasteiger partial charge in [0.2, 0.25) is 0 Å². The summed E-state index contributed by atoms with van der Waals surface area (Å²) in [6.45, 7) is 2.84. The number of hydrogen-bond donors (Lipinski definition) is 1. The molecule has 3 rings (SSSR count). The predicted octanol–water partition coefficient (Wildman–Crippen LogP) is 4.13. The molecule has 1 atom stereocenters. The minimum Gasteiger partial charge on any atom is -0.467 e. The normalized spacial score (nSPS) is 11.7. The van der Waals surface area contributed by atoms with Crippen LogP contribution >= 0.6 is 11.8 Å². The van der Waals surface area contributed by atoms with Gasteiger partial charge < -0.3 is 14.6 Å². The summed E-state index contributed by atoms with van der Waals surface area (Å²) in [6, 6.07) is 13.2. The number of nitrogens with zero attached hydrogens (tertiary/aromatic N) is 2. The lowest BCUT2D eigenvalue weighted by atomic mass is 9.93. The van der Waals surface area contributed by atoms with Crippen molar-refractivity contribution in [3.8, 4) is 11.1 Å². The first-order valence-corrected chi connectivity index (χ1v) is 11.9. The lowest BCUT2D eigenvalue weighted by molar-refractivity contribution is -0.142. The van der Waals surface area contributed by atoms with Crippen LogP contribution in [0.15, 0.2) is 61.2 Å². The summed E-state index contributed by atoms with van der Waals surface area (Å²) < 4.78 is 6.92. The molecule has 1 aromatic heterocycles. The summed E-state index contributed by atoms with van der Waals surface area (Å²) in [6.07, 6.45) is 8.80. The second kappa shape index (κ2) is 11.5. The average Bonchev–Trinajstić information content (AvgIpc) is 3.33. The third-order valence-corrected chi connectivity index (χ3v) is 6.03. The second-order valence-electron chi connectivity index (χ2n) is 7.58. The van der Waals surface area contributed by atoms with E-state index in [-0.39, 0.29) is 5.91 Å². The maximum absolute atomic E-state index is 13.3. The number of aryl methyl sites for hydroxylation is 3. The van der Waals surface area contributed by atoms with Crippen molar-refractivity contribution in [1.82, 2.24) is 14.9 Å². The monoisotopic (exact) mass is 451 g/mol. The van der Waals surface area contributed by atoms with Crippen LogP contribution in [-0.2, 0) is 22.5 Å². The van der Waals surface area contributed by atoms with Crippen molar-refractivity contribution in [1.29, 1.82) is 0 Å². The minimum atomic E-state index is -0.675. The molecule has 1 heterocycles. The number of imidazole rings is 1. The number of thioether (sulfide) groups is 1. The molecule has 0 spiro atoms. The number of nitrogens with one attached hydrogen (secondary N) is 1. The molecule has 1 amide bonds. The molecule has 1 N–H and O–H groups in total. The molecule has 0 bridgehead atoms. The Labute approximate surface area is 193 Å². The summed E-state index contributed by atoms with van der Waals surface area (Å²) in [5.41, 5.74) is 4.61. The summed E-state index contributed by atoms with van der Waals surface area (Å²) >= 11 is 1.62. The van der Waals surface area contributed by atoms with E-state index in [1.165, 1.54) is 7.11 Å². The molecular formula is C25H29N3O3S. The molecule has 32 heavy (non-hydrogen) atoms. The quantitative estimate of drug-likeness (QED) is 0.469. The Kier molecular flexibility index (Phi) is 8.50. The molecule has 0 unspecified atom stereocenters. The molecule has 0 saturated heterocycles. The standard InChI is InChI=1S/C25H29N3O3S/c1-18-6-4-5-7-20(18)22-16-19(10-13-28-14-12-26-17-28)8-9-21(22)24(29)27-23(11-15-32-3)25(30)31-2/h4-9,12,14,16-17,23H,10-11,13,15H2,1-3H3,(H,27,29)/t23-/m0/s1. The Morgan fingerprint density at radius 3 is 2.69 bits per heavy atom. The van der Waals surface area contributed by atoms with E-state index in [2.05, 4.69) is 16.4 Å². The van der Waals surface area contributed by atoms with Crippen LogP contribution in [0, 0.1) is 6.92 Å². The number of methoxy groups -OCH3 is 1. The summed E-state index contributed by atoms with van der Waals surface area (Å²) in [4.78, 5) is 29.5. The summed E-state index contributed by atoms with van der Waals surface area (Å²) in [7, 11) is 1.34. The number of amides is 1. The van der Waals surface area contributed by atoms with Gasteiger partial charge in [-0.2, -0.15) is 11.8 Å². The number of benzene rings is 2. The Balaban J connectivity index is 1.91. The maximum Gasteiger partial charge on any atom is 0.328 e. The van der Waals surface area contributed by atoms with E-state index in [1.807, 2.05) is 60.3 Å². The fourth-order valence-corrected chi connectivity index (χ4v) is 4.05. The van der Waals surface area contributed by atoms with E-state index in [0.29, 0.717) is 12.0 Å². The SMILES string of the molecule is COC(=O)[C@H](CCSC)NC(=O)c1ccc(CCn2ccnc2)cc1-c1ccccc1C. The zero-order valence-electron chi connectivity index (χ0n) is 18.7. The molecule has 7 heteroatoms. The van der Waals surface area contributed by atoms with Crippen LogP contribution in [0.4, 0.5) is 0 Å². The van der Waals surface area contributed by atoms with Crippen LogP contribution in [0.2, 0.25) is 0 Å². The average molecular weight is 452 g/mol. The molecular weight excluding hydrogens is 422 g/mol. The first-order valence-electron chi connectivity index (χ1n) is 10.6. The largest absolute Gasteiger partial charge is 0.467 e. The van der Waals surface area contributed by atoms with Crippen molar-refractivity contribution in [2.45, 2.75) is 32.4 Å². The third-order valence-electron chi connectivity index (χ3n) is 5.38. The topological polar surface area (TPSA) is 73.2 Å². The number of carbonyl (C=O) groups excluding carboxylic acids is 2. The molecule has 0 fully saturated rings. The van der Waals surface area contributed by atoms with Crippen molar-refractivity contribution in [2.24, 2.45) is 0 Å². The van der Waals surface area contributed by atoms with E-state index < -0.39 is 12.0 Å². The van der Waals surface area contributed by atoms with Gasteiger partial charge >= 0.3 is 5.97 Å². The van der Waals surface area contributed by atoms with Crippen LogP contribution in [0.3, 0.4) is 0 Å². The molecule has 0 aliphatic heterocycles. The summed E-state index contributed by atoms with van der Waals surface area (Å²) in [5, 5.41) is 2.88. The van der Waals surface area contributed by atoms with Gasteiger partial charge in [0, 0.05) is 24.5 Å². The highest BCUT2D eigenvalue weighted by molar-refractivity contribution is 7.98. The lowest BCUT2D eigenvalue weighted by Crippen LogP contribution is -2.42. The Morgan fingerprint density at radius 2 is 2.00 bits per heavy atom.